The second-order valence-corrected chi connectivity index (χ2v) is 7.17. The molecule has 0 amide bonds. The summed E-state index contributed by atoms with van der Waals surface area (Å²) in [5.41, 5.74) is 1.84. The minimum atomic E-state index is -1.29. The Morgan fingerprint density at radius 1 is 1.29 bits per heavy atom. The minimum absolute atomic E-state index is 0.0109. The fourth-order valence-corrected chi connectivity index (χ4v) is 3.32. The third-order valence-electron chi connectivity index (χ3n) is 5.10. The second-order valence-electron chi connectivity index (χ2n) is 7.17. The van der Waals surface area contributed by atoms with E-state index in [1.807, 2.05) is 42.5 Å². The van der Waals surface area contributed by atoms with E-state index in [9.17, 15) is 20.3 Å². The van der Waals surface area contributed by atoms with Crippen molar-refractivity contribution in [2.24, 2.45) is 0 Å². The fourth-order valence-electron chi connectivity index (χ4n) is 3.32. The van der Waals surface area contributed by atoms with E-state index in [2.05, 4.69) is 11.8 Å². The van der Waals surface area contributed by atoms with E-state index in [0.29, 0.717) is 6.04 Å². The maximum atomic E-state index is 12.5. The van der Waals surface area contributed by atoms with E-state index in [1.165, 1.54) is 0 Å². The summed E-state index contributed by atoms with van der Waals surface area (Å²) in [4.78, 5) is 14.7. The Balaban J connectivity index is 1.89. The lowest BCUT2D eigenvalue weighted by Gasteiger charge is -2.15. The Morgan fingerprint density at radius 3 is 2.64 bits per heavy atom. The predicted molar refractivity (Wildman–Crippen MR) is 108 cm³/mol. The van der Waals surface area contributed by atoms with E-state index in [1.54, 1.807) is 6.08 Å². The van der Waals surface area contributed by atoms with E-state index in [0.717, 1.165) is 28.6 Å². The van der Waals surface area contributed by atoms with E-state index in [-0.39, 0.29) is 18.4 Å². The highest BCUT2D eigenvalue weighted by atomic mass is 16.4. The Morgan fingerprint density at radius 2 is 2.00 bits per heavy atom. The first-order valence-electron chi connectivity index (χ1n) is 9.36. The number of benzene rings is 2. The Bertz CT molecular complexity index is 947. The number of nitrogens with zero attached hydrogens (tertiary/aromatic N) is 2. The second kappa shape index (κ2) is 8.53. The largest absolute Gasteiger partial charge is 0.394 e. The molecule has 2 aromatic carbocycles. The first-order valence-corrected chi connectivity index (χ1v) is 9.36. The third kappa shape index (κ3) is 4.23. The lowest BCUT2D eigenvalue weighted by atomic mass is 9.98. The molecule has 0 spiro atoms. The summed E-state index contributed by atoms with van der Waals surface area (Å²) in [6.07, 6.45) is -1.00. The molecular weight excluding hydrogens is 356 g/mol. The molecule has 1 fully saturated rings. The molecule has 146 valence electrons. The van der Waals surface area contributed by atoms with Gasteiger partial charge < -0.3 is 20.2 Å². The maximum absolute atomic E-state index is 12.5. The van der Waals surface area contributed by atoms with Gasteiger partial charge in [0.1, 0.15) is 12.2 Å². The molecule has 0 radical (unpaired) electrons. The zero-order chi connectivity index (χ0) is 20.3. The molecule has 1 aliphatic heterocycles. The molecule has 6 nitrogen and oxygen atoms in total. The minimum Gasteiger partial charge on any atom is -0.394 e. The van der Waals surface area contributed by atoms with Crippen LogP contribution in [0.4, 0.5) is 5.69 Å². The molecule has 0 bridgehead atoms. The van der Waals surface area contributed by atoms with Gasteiger partial charge in [0.15, 0.2) is 5.78 Å². The summed E-state index contributed by atoms with van der Waals surface area (Å²) < 4.78 is 0. The number of Topliss-reactive ketones (excluding diaryl/α,β-unsaturated/α-hetero) is 1. The van der Waals surface area contributed by atoms with Gasteiger partial charge in [0.25, 0.3) is 0 Å². The van der Waals surface area contributed by atoms with Gasteiger partial charge in [0, 0.05) is 24.4 Å². The van der Waals surface area contributed by atoms with Crippen LogP contribution in [0.1, 0.15) is 25.3 Å². The molecule has 28 heavy (non-hydrogen) atoms. The highest BCUT2D eigenvalue weighted by Gasteiger charge is 2.32. The van der Waals surface area contributed by atoms with Crippen molar-refractivity contribution in [3.05, 3.63) is 47.5 Å². The van der Waals surface area contributed by atoms with E-state index < -0.39 is 24.6 Å². The van der Waals surface area contributed by atoms with Crippen LogP contribution < -0.4 is 4.90 Å². The lowest BCUT2D eigenvalue weighted by Crippen LogP contribution is -2.29. The van der Waals surface area contributed by atoms with Crippen molar-refractivity contribution in [1.29, 1.82) is 5.26 Å². The molecule has 3 atom stereocenters. The lowest BCUT2D eigenvalue weighted by molar-refractivity contribution is -0.116. The summed E-state index contributed by atoms with van der Waals surface area (Å²) in [6, 6.07) is 14.3. The fraction of sp³-hybridized carbons (Fsp3) is 0.364. The van der Waals surface area contributed by atoms with Crippen LogP contribution in [0.25, 0.3) is 16.8 Å². The molecule has 0 saturated carbocycles. The number of fused-ring (bicyclic) bond motifs is 1. The van der Waals surface area contributed by atoms with Crippen LogP contribution in [0.5, 0.6) is 0 Å². The van der Waals surface area contributed by atoms with Crippen LogP contribution in [-0.4, -0.2) is 52.5 Å². The molecule has 3 rings (SSSR count). The molecule has 1 heterocycles. The van der Waals surface area contributed by atoms with Crippen LogP contribution in [0.2, 0.25) is 0 Å². The molecule has 0 aromatic heterocycles. The van der Waals surface area contributed by atoms with Crippen molar-refractivity contribution in [2.45, 2.75) is 38.0 Å². The summed E-state index contributed by atoms with van der Waals surface area (Å²) in [5.74, 6) is -0.398. The monoisotopic (exact) mass is 380 g/mol. The summed E-state index contributed by atoms with van der Waals surface area (Å²) >= 11 is 0. The SMILES string of the molecule is CC1CN1c1c(/C=C(\C#N)C(=O)CCC(O)C(O)CO)ccc2ccccc12. The number of hydrogen-bond donors (Lipinski definition) is 3. The quantitative estimate of drug-likeness (QED) is 0.368. The van der Waals surface area contributed by atoms with Gasteiger partial charge in [-0.1, -0.05) is 36.4 Å². The number of ketones is 1. The van der Waals surface area contributed by atoms with Gasteiger partial charge in [0.2, 0.25) is 0 Å². The average molecular weight is 380 g/mol. The standard InChI is InChI=1S/C22H24N2O4/c1-14-12-24(14)22-16(7-6-15-4-2-3-5-18(15)22)10-17(11-23)19(26)8-9-20(27)21(28)13-25/h2-7,10,14,20-21,25,27-28H,8-9,12-13H2,1H3/b17-10+. The Kier molecular flexibility index (Phi) is 6.10. The highest BCUT2D eigenvalue weighted by molar-refractivity contribution is 6.06. The Hall–Kier alpha value is -2.72. The molecule has 0 aliphatic carbocycles. The molecule has 1 aliphatic rings. The first-order chi connectivity index (χ1) is 13.5. The number of carbonyl (C=O) groups is 1. The van der Waals surface area contributed by atoms with Gasteiger partial charge in [-0.15, -0.1) is 0 Å². The highest BCUT2D eigenvalue weighted by Crippen LogP contribution is 2.38. The zero-order valence-corrected chi connectivity index (χ0v) is 15.7. The van der Waals surface area contributed by atoms with Crippen LogP contribution in [0.15, 0.2) is 42.0 Å². The third-order valence-corrected chi connectivity index (χ3v) is 5.10. The summed E-state index contributed by atoms with van der Waals surface area (Å²) in [6.45, 7) is 2.47. The van der Waals surface area contributed by atoms with Gasteiger partial charge in [-0.25, -0.2) is 0 Å². The van der Waals surface area contributed by atoms with Crippen molar-refractivity contribution in [3.8, 4) is 6.07 Å². The zero-order valence-electron chi connectivity index (χ0n) is 15.7. The summed E-state index contributed by atoms with van der Waals surface area (Å²) in [7, 11) is 0. The number of nitriles is 1. The predicted octanol–water partition coefficient (Wildman–Crippen LogP) is 2.02. The van der Waals surface area contributed by atoms with Gasteiger partial charge in [-0.2, -0.15) is 5.26 Å². The van der Waals surface area contributed by atoms with Gasteiger partial charge in [-0.05, 0) is 30.4 Å². The topological polar surface area (TPSA) is 105 Å². The number of allylic oxidation sites excluding steroid dienone is 1. The van der Waals surface area contributed by atoms with Crippen LogP contribution >= 0.6 is 0 Å². The molecular formula is C22H24N2O4. The van der Waals surface area contributed by atoms with Crippen molar-refractivity contribution >= 4 is 28.3 Å². The van der Waals surface area contributed by atoms with Gasteiger partial charge >= 0.3 is 0 Å². The van der Waals surface area contributed by atoms with Crippen molar-refractivity contribution in [1.82, 2.24) is 0 Å². The first kappa shape index (κ1) is 20.0. The van der Waals surface area contributed by atoms with E-state index >= 15 is 0 Å². The maximum Gasteiger partial charge on any atom is 0.173 e. The van der Waals surface area contributed by atoms with Gasteiger partial charge in [-0.3, -0.25) is 4.79 Å². The van der Waals surface area contributed by atoms with E-state index in [4.69, 9.17) is 5.11 Å². The normalized spacial score (nSPS) is 18.6. The molecule has 3 N–H and O–H groups in total. The van der Waals surface area contributed by atoms with Crippen molar-refractivity contribution in [2.75, 3.05) is 18.1 Å². The smallest absolute Gasteiger partial charge is 0.173 e. The molecule has 3 unspecified atom stereocenters. The van der Waals surface area contributed by atoms with Crippen LogP contribution in [-0.2, 0) is 4.79 Å². The average Bonchev–Trinajstić information content (AvgIpc) is 3.44. The van der Waals surface area contributed by atoms with Crippen molar-refractivity contribution in [3.63, 3.8) is 0 Å². The number of anilines is 1. The summed E-state index contributed by atoms with van der Waals surface area (Å²) in [5, 5.41) is 39.6. The number of rotatable bonds is 8. The number of aliphatic hydroxyl groups excluding tert-OH is 3. The number of hydrogen-bond acceptors (Lipinski definition) is 6. The Labute approximate surface area is 163 Å². The number of carbonyl (C=O) groups excluding carboxylic acids is 1. The van der Waals surface area contributed by atoms with Crippen molar-refractivity contribution < 1.29 is 20.1 Å². The van der Waals surface area contributed by atoms with Crippen LogP contribution in [0.3, 0.4) is 0 Å². The van der Waals surface area contributed by atoms with Gasteiger partial charge in [0.05, 0.1) is 24.0 Å². The molecule has 1 saturated heterocycles. The van der Waals surface area contributed by atoms with Crippen LogP contribution in [0, 0.1) is 11.3 Å². The molecule has 2 aromatic rings. The number of aliphatic hydroxyl groups is 3. The molecule has 6 heteroatoms.